The molecule has 1 aliphatic rings. The lowest BCUT2D eigenvalue weighted by atomic mass is 10.0. The normalized spacial score (nSPS) is 18.5. The van der Waals surface area contributed by atoms with E-state index in [1.165, 1.54) is 18.6 Å². The van der Waals surface area contributed by atoms with Gasteiger partial charge in [0, 0.05) is 19.1 Å². The first-order valence-electron chi connectivity index (χ1n) is 7.92. The van der Waals surface area contributed by atoms with Crippen LogP contribution in [0.3, 0.4) is 0 Å². The predicted octanol–water partition coefficient (Wildman–Crippen LogP) is 2.54. The molecule has 4 nitrogen and oxygen atoms in total. The Balaban J connectivity index is 1.69. The minimum Gasteiger partial charge on any atom is -0.492 e. The number of likely N-dealkylation sites (N-methyl/N-ethyl adjacent to an activating group) is 1. The van der Waals surface area contributed by atoms with Gasteiger partial charge in [0.05, 0.1) is 6.54 Å². The summed E-state index contributed by atoms with van der Waals surface area (Å²) in [5.74, 6) is 0.563. The van der Waals surface area contributed by atoms with Crippen molar-refractivity contribution in [3.8, 4) is 5.75 Å². The molecule has 2 rings (SSSR count). The highest BCUT2D eigenvalue weighted by Gasteiger charge is 2.23. The minimum absolute atomic E-state index is 0.191. The van der Waals surface area contributed by atoms with Crippen molar-refractivity contribution in [2.75, 3.05) is 33.3 Å². The van der Waals surface area contributed by atoms with E-state index < -0.39 is 0 Å². The van der Waals surface area contributed by atoms with Crippen LogP contribution >= 0.6 is 0 Å². The van der Waals surface area contributed by atoms with E-state index in [1.807, 2.05) is 16.8 Å². The standard InChI is InChI=1S/C17H25FN2O2/c1-14-5-3-4-10-20(14)17(21)13-19(2)11-12-22-16-8-6-15(18)7-9-16/h6-9,14H,3-5,10-13H2,1-2H3. The molecule has 0 spiro atoms. The number of carbonyl (C=O) groups is 1. The number of nitrogens with zero attached hydrogens (tertiary/aromatic N) is 2. The average Bonchev–Trinajstić information content (AvgIpc) is 2.49. The van der Waals surface area contributed by atoms with Gasteiger partial charge in [-0.15, -0.1) is 0 Å². The van der Waals surface area contributed by atoms with Crippen LogP contribution in [-0.4, -0.2) is 55.0 Å². The second-order valence-corrected chi connectivity index (χ2v) is 5.97. The molecular weight excluding hydrogens is 283 g/mol. The van der Waals surface area contributed by atoms with E-state index in [-0.39, 0.29) is 11.7 Å². The summed E-state index contributed by atoms with van der Waals surface area (Å²) in [5, 5.41) is 0. The van der Waals surface area contributed by atoms with Crippen molar-refractivity contribution in [3.63, 3.8) is 0 Å². The molecule has 1 amide bonds. The summed E-state index contributed by atoms with van der Waals surface area (Å²) >= 11 is 0. The van der Waals surface area contributed by atoms with Gasteiger partial charge in [-0.2, -0.15) is 0 Å². The number of rotatable bonds is 6. The number of halogens is 1. The summed E-state index contributed by atoms with van der Waals surface area (Å²) in [4.78, 5) is 16.2. The number of amides is 1. The van der Waals surface area contributed by atoms with Crippen molar-refractivity contribution >= 4 is 5.91 Å². The zero-order valence-corrected chi connectivity index (χ0v) is 13.4. The number of benzene rings is 1. The smallest absolute Gasteiger partial charge is 0.236 e. The Hall–Kier alpha value is -1.62. The lowest BCUT2D eigenvalue weighted by Crippen LogP contribution is -2.46. The summed E-state index contributed by atoms with van der Waals surface area (Å²) < 4.78 is 18.3. The lowest BCUT2D eigenvalue weighted by molar-refractivity contribution is -0.135. The lowest BCUT2D eigenvalue weighted by Gasteiger charge is -2.34. The maximum atomic E-state index is 12.8. The van der Waals surface area contributed by atoms with Crippen molar-refractivity contribution in [3.05, 3.63) is 30.1 Å². The van der Waals surface area contributed by atoms with Gasteiger partial charge in [0.15, 0.2) is 0 Å². The van der Waals surface area contributed by atoms with Gasteiger partial charge < -0.3 is 9.64 Å². The van der Waals surface area contributed by atoms with Crippen molar-refractivity contribution in [1.29, 1.82) is 0 Å². The molecule has 0 aromatic heterocycles. The quantitative estimate of drug-likeness (QED) is 0.809. The fourth-order valence-electron chi connectivity index (χ4n) is 2.72. The third-order valence-corrected chi connectivity index (χ3v) is 4.08. The van der Waals surface area contributed by atoms with Crippen molar-refractivity contribution < 1.29 is 13.9 Å². The number of piperidine rings is 1. The zero-order valence-electron chi connectivity index (χ0n) is 13.4. The molecule has 0 saturated carbocycles. The fourth-order valence-corrected chi connectivity index (χ4v) is 2.72. The van der Waals surface area contributed by atoms with Crippen LogP contribution < -0.4 is 4.74 Å². The summed E-state index contributed by atoms with van der Waals surface area (Å²) in [5.41, 5.74) is 0. The van der Waals surface area contributed by atoms with E-state index in [9.17, 15) is 9.18 Å². The molecule has 1 heterocycles. The molecule has 22 heavy (non-hydrogen) atoms. The van der Waals surface area contributed by atoms with Crippen LogP contribution in [0.5, 0.6) is 5.75 Å². The van der Waals surface area contributed by atoms with Crippen molar-refractivity contribution in [2.45, 2.75) is 32.2 Å². The Labute approximate surface area is 131 Å². The molecular formula is C17H25FN2O2. The molecule has 5 heteroatoms. The maximum Gasteiger partial charge on any atom is 0.236 e. The molecule has 0 bridgehead atoms. The van der Waals surface area contributed by atoms with Gasteiger partial charge in [0.2, 0.25) is 5.91 Å². The van der Waals surface area contributed by atoms with Crippen LogP contribution in [-0.2, 0) is 4.79 Å². The van der Waals surface area contributed by atoms with Crippen molar-refractivity contribution in [1.82, 2.24) is 9.80 Å². The molecule has 1 aliphatic heterocycles. The average molecular weight is 308 g/mol. The highest BCUT2D eigenvalue weighted by atomic mass is 19.1. The SMILES string of the molecule is CC1CCCCN1C(=O)CN(C)CCOc1ccc(F)cc1. The second kappa shape index (κ2) is 8.13. The number of carbonyl (C=O) groups excluding carboxylic acids is 1. The van der Waals surface area contributed by atoms with Gasteiger partial charge >= 0.3 is 0 Å². The molecule has 1 saturated heterocycles. The Kier molecular flexibility index (Phi) is 6.19. The first-order valence-corrected chi connectivity index (χ1v) is 7.92. The molecule has 1 fully saturated rings. The molecule has 1 aromatic carbocycles. The van der Waals surface area contributed by atoms with Gasteiger partial charge in [0.1, 0.15) is 18.2 Å². The van der Waals surface area contributed by atoms with Gasteiger partial charge in [-0.3, -0.25) is 9.69 Å². The van der Waals surface area contributed by atoms with E-state index in [0.29, 0.717) is 31.5 Å². The van der Waals surface area contributed by atoms with Gasteiger partial charge in [-0.25, -0.2) is 4.39 Å². The molecule has 0 radical (unpaired) electrons. The summed E-state index contributed by atoms with van der Waals surface area (Å²) in [6.45, 7) is 4.54. The Morgan fingerprint density at radius 1 is 1.36 bits per heavy atom. The number of ether oxygens (including phenoxy) is 1. The van der Waals surface area contributed by atoms with Gasteiger partial charge in [0.25, 0.3) is 0 Å². The van der Waals surface area contributed by atoms with Crippen LogP contribution in [0.2, 0.25) is 0 Å². The largest absolute Gasteiger partial charge is 0.492 e. The van der Waals surface area contributed by atoms with Crippen LogP contribution in [0.25, 0.3) is 0 Å². The minimum atomic E-state index is -0.272. The highest BCUT2D eigenvalue weighted by molar-refractivity contribution is 5.78. The van der Waals surface area contributed by atoms with E-state index in [1.54, 1.807) is 12.1 Å². The van der Waals surface area contributed by atoms with Crippen LogP contribution in [0, 0.1) is 5.82 Å². The third kappa shape index (κ3) is 4.98. The first kappa shape index (κ1) is 16.7. The van der Waals surface area contributed by atoms with Gasteiger partial charge in [-0.1, -0.05) is 0 Å². The zero-order chi connectivity index (χ0) is 15.9. The summed E-state index contributed by atoms with van der Waals surface area (Å²) in [6, 6.07) is 6.32. The Morgan fingerprint density at radius 3 is 2.77 bits per heavy atom. The summed E-state index contributed by atoms with van der Waals surface area (Å²) in [7, 11) is 1.92. The number of hydrogen-bond donors (Lipinski definition) is 0. The number of likely N-dealkylation sites (tertiary alicyclic amines) is 1. The monoisotopic (exact) mass is 308 g/mol. The predicted molar refractivity (Wildman–Crippen MR) is 84.4 cm³/mol. The maximum absolute atomic E-state index is 12.8. The highest BCUT2D eigenvalue weighted by Crippen LogP contribution is 2.16. The van der Waals surface area contributed by atoms with E-state index in [4.69, 9.17) is 4.74 Å². The van der Waals surface area contributed by atoms with Crippen LogP contribution in [0.15, 0.2) is 24.3 Å². The van der Waals surface area contributed by atoms with E-state index in [2.05, 4.69) is 6.92 Å². The second-order valence-electron chi connectivity index (χ2n) is 5.97. The van der Waals surface area contributed by atoms with E-state index in [0.717, 1.165) is 19.4 Å². The summed E-state index contributed by atoms with van der Waals surface area (Å²) in [6.07, 6.45) is 3.42. The molecule has 1 aromatic rings. The van der Waals surface area contributed by atoms with Crippen molar-refractivity contribution in [2.24, 2.45) is 0 Å². The Morgan fingerprint density at radius 2 is 2.09 bits per heavy atom. The van der Waals surface area contributed by atoms with Crippen LogP contribution in [0.4, 0.5) is 4.39 Å². The fraction of sp³-hybridized carbons (Fsp3) is 0.588. The van der Waals surface area contributed by atoms with Gasteiger partial charge in [-0.05, 0) is 57.5 Å². The molecule has 0 N–H and O–H groups in total. The topological polar surface area (TPSA) is 32.8 Å². The molecule has 1 unspecified atom stereocenters. The third-order valence-electron chi connectivity index (χ3n) is 4.08. The number of hydrogen-bond acceptors (Lipinski definition) is 3. The van der Waals surface area contributed by atoms with Crippen LogP contribution in [0.1, 0.15) is 26.2 Å². The molecule has 122 valence electrons. The van der Waals surface area contributed by atoms with E-state index >= 15 is 0 Å². The first-order chi connectivity index (χ1) is 10.6. The molecule has 0 aliphatic carbocycles. The molecule has 1 atom stereocenters. The Bertz CT molecular complexity index is 478.